The summed E-state index contributed by atoms with van der Waals surface area (Å²) in [6.45, 7) is 0. The number of halogens is 2. The molecular formula is C21H11Cl2N3O5S. The molecule has 11 heteroatoms. The quantitative estimate of drug-likeness (QED) is 0.182. The van der Waals surface area contributed by atoms with Crippen LogP contribution in [0.1, 0.15) is 5.76 Å². The normalized spacial score (nSPS) is 15.2. The number of nitrogens with one attached hydrogen (secondary N) is 1. The van der Waals surface area contributed by atoms with E-state index in [2.05, 4.69) is 5.32 Å². The van der Waals surface area contributed by atoms with Crippen molar-refractivity contribution in [3.05, 3.63) is 86.1 Å². The van der Waals surface area contributed by atoms with Crippen molar-refractivity contribution in [1.82, 2.24) is 5.32 Å². The SMILES string of the molecule is O=C1NC(=S)N(c2cc(Cl)cc(Cl)c2)C(=O)/C1=C/c1ccc(-c2ccc([N+](=O)[O-])cc2)o1. The first-order chi connectivity index (χ1) is 15.2. The number of anilines is 1. The topological polar surface area (TPSA) is 106 Å². The van der Waals surface area contributed by atoms with E-state index in [9.17, 15) is 19.7 Å². The minimum absolute atomic E-state index is 0.0516. The minimum atomic E-state index is -0.683. The predicted octanol–water partition coefficient (Wildman–Crippen LogP) is 4.99. The molecule has 3 aromatic rings. The van der Waals surface area contributed by atoms with Crippen LogP contribution in [-0.2, 0) is 9.59 Å². The number of hydrogen-bond donors (Lipinski definition) is 1. The van der Waals surface area contributed by atoms with Gasteiger partial charge in [0.1, 0.15) is 17.1 Å². The van der Waals surface area contributed by atoms with E-state index in [0.29, 0.717) is 27.1 Å². The first kappa shape index (κ1) is 21.7. The molecule has 1 fully saturated rings. The van der Waals surface area contributed by atoms with Gasteiger partial charge >= 0.3 is 0 Å². The second-order valence-electron chi connectivity index (χ2n) is 6.59. The van der Waals surface area contributed by atoms with Gasteiger partial charge in [-0.15, -0.1) is 0 Å². The molecule has 2 amide bonds. The van der Waals surface area contributed by atoms with Gasteiger partial charge in [0, 0.05) is 27.7 Å². The van der Waals surface area contributed by atoms with Gasteiger partial charge in [-0.05, 0) is 60.8 Å². The van der Waals surface area contributed by atoms with Crippen LogP contribution in [0.25, 0.3) is 17.4 Å². The summed E-state index contributed by atoms with van der Waals surface area (Å²) in [4.78, 5) is 36.9. The van der Waals surface area contributed by atoms with Gasteiger partial charge in [0.15, 0.2) is 5.11 Å². The van der Waals surface area contributed by atoms with Gasteiger partial charge in [-0.1, -0.05) is 23.2 Å². The third-order valence-corrected chi connectivity index (χ3v) is 5.20. The molecule has 8 nitrogen and oxygen atoms in total. The van der Waals surface area contributed by atoms with E-state index in [1.165, 1.54) is 48.5 Å². The molecular weight excluding hydrogens is 477 g/mol. The minimum Gasteiger partial charge on any atom is -0.457 e. The van der Waals surface area contributed by atoms with Crippen LogP contribution >= 0.6 is 35.4 Å². The lowest BCUT2D eigenvalue weighted by molar-refractivity contribution is -0.384. The number of nitro benzene ring substituents is 1. The van der Waals surface area contributed by atoms with Crippen molar-refractivity contribution in [1.29, 1.82) is 0 Å². The summed E-state index contributed by atoms with van der Waals surface area (Å²) in [6.07, 6.45) is 1.29. The number of non-ortho nitro benzene ring substituents is 1. The van der Waals surface area contributed by atoms with Gasteiger partial charge in [-0.2, -0.15) is 0 Å². The average molecular weight is 488 g/mol. The van der Waals surface area contributed by atoms with Gasteiger partial charge in [-0.25, -0.2) is 0 Å². The average Bonchev–Trinajstić information content (AvgIpc) is 3.19. The maximum atomic E-state index is 13.1. The molecule has 0 spiro atoms. The van der Waals surface area contributed by atoms with E-state index in [-0.39, 0.29) is 22.1 Å². The number of carbonyl (C=O) groups excluding carboxylic acids is 2. The zero-order valence-electron chi connectivity index (χ0n) is 15.9. The Labute approximate surface area is 196 Å². The van der Waals surface area contributed by atoms with Gasteiger partial charge in [0.2, 0.25) is 0 Å². The van der Waals surface area contributed by atoms with Gasteiger partial charge in [0.05, 0.1) is 10.6 Å². The van der Waals surface area contributed by atoms with Crippen LogP contribution in [0.2, 0.25) is 10.0 Å². The van der Waals surface area contributed by atoms with Crippen molar-refractivity contribution in [3.63, 3.8) is 0 Å². The zero-order chi connectivity index (χ0) is 23.0. The van der Waals surface area contributed by atoms with Crippen molar-refractivity contribution < 1.29 is 18.9 Å². The Bertz CT molecular complexity index is 1300. The summed E-state index contributed by atoms with van der Waals surface area (Å²) < 4.78 is 5.70. The van der Waals surface area contributed by atoms with Gasteiger partial charge in [-0.3, -0.25) is 29.9 Å². The highest BCUT2D eigenvalue weighted by atomic mass is 35.5. The summed E-state index contributed by atoms with van der Waals surface area (Å²) in [5.74, 6) is -0.721. The molecule has 2 heterocycles. The molecule has 0 saturated carbocycles. The smallest absolute Gasteiger partial charge is 0.270 e. The largest absolute Gasteiger partial charge is 0.457 e. The predicted molar refractivity (Wildman–Crippen MR) is 123 cm³/mol. The number of furan rings is 1. The van der Waals surface area contributed by atoms with Crippen LogP contribution in [0.5, 0.6) is 0 Å². The van der Waals surface area contributed by atoms with Gasteiger partial charge in [0.25, 0.3) is 17.5 Å². The molecule has 4 rings (SSSR count). The Balaban J connectivity index is 1.66. The molecule has 1 saturated heterocycles. The number of rotatable bonds is 4. The number of hydrogen-bond acceptors (Lipinski definition) is 6. The molecule has 0 radical (unpaired) electrons. The summed E-state index contributed by atoms with van der Waals surface area (Å²) in [5, 5.41) is 13.7. The molecule has 1 aliphatic heterocycles. The fraction of sp³-hybridized carbons (Fsp3) is 0. The van der Waals surface area contributed by atoms with Crippen molar-refractivity contribution in [3.8, 4) is 11.3 Å². The number of nitrogens with zero attached hydrogens (tertiary/aromatic N) is 2. The van der Waals surface area contributed by atoms with Crippen molar-refractivity contribution in [2.24, 2.45) is 0 Å². The second-order valence-corrected chi connectivity index (χ2v) is 7.85. The summed E-state index contributed by atoms with van der Waals surface area (Å²) in [6, 6.07) is 13.5. The van der Waals surface area contributed by atoms with Crippen molar-refractivity contribution in [2.75, 3.05) is 4.90 Å². The highest BCUT2D eigenvalue weighted by molar-refractivity contribution is 7.80. The highest BCUT2D eigenvalue weighted by Crippen LogP contribution is 2.30. The van der Waals surface area contributed by atoms with E-state index >= 15 is 0 Å². The highest BCUT2D eigenvalue weighted by Gasteiger charge is 2.35. The van der Waals surface area contributed by atoms with Crippen LogP contribution in [0.15, 0.2) is 64.6 Å². The standard InChI is InChI=1S/C21H11Cl2N3O5S/c22-12-7-13(23)9-15(8-12)25-20(28)17(19(27)24-21(25)32)10-16-5-6-18(31-16)11-1-3-14(4-2-11)26(29)30/h1-10H,(H,24,27,32)/b17-10+. The lowest BCUT2D eigenvalue weighted by Gasteiger charge is -2.29. The first-order valence-corrected chi connectivity index (χ1v) is 10.1. The van der Waals surface area contributed by atoms with E-state index < -0.39 is 16.7 Å². The lowest BCUT2D eigenvalue weighted by atomic mass is 10.1. The molecule has 32 heavy (non-hydrogen) atoms. The van der Waals surface area contributed by atoms with Crippen LogP contribution in [-0.4, -0.2) is 21.9 Å². The number of nitro groups is 1. The third kappa shape index (κ3) is 4.26. The van der Waals surface area contributed by atoms with Crippen LogP contribution in [0.3, 0.4) is 0 Å². The number of thiocarbonyl (C=S) groups is 1. The summed E-state index contributed by atoms with van der Waals surface area (Å²) >= 11 is 17.2. The zero-order valence-corrected chi connectivity index (χ0v) is 18.2. The Kier molecular flexibility index (Phi) is 5.79. The number of amides is 2. The Morgan fingerprint density at radius 3 is 2.31 bits per heavy atom. The first-order valence-electron chi connectivity index (χ1n) is 8.95. The molecule has 0 atom stereocenters. The Hall–Kier alpha value is -3.53. The van der Waals surface area contributed by atoms with Crippen molar-refractivity contribution >= 4 is 69.8 Å². The molecule has 1 aromatic heterocycles. The van der Waals surface area contributed by atoms with Crippen LogP contribution in [0.4, 0.5) is 11.4 Å². The van der Waals surface area contributed by atoms with E-state index in [0.717, 1.165) is 4.90 Å². The molecule has 0 unspecified atom stereocenters. The maximum absolute atomic E-state index is 13.1. The summed E-state index contributed by atoms with van der Waals surface area (Å²) in [7, 11) is 0. The number of carbonyl (C=O) groups is 2. The fourth-order valence-corrected chi connectivity index (χ4v) is 3.83. The third-order valence-electron chi connectivity index (χ3n) is 4.48. The maximum Gasteiger partial charge on any atom is 0.270 e. The van der Waals surface area contributed by atoms with Crippen LogP contribution in [0, 0.1) is 10.1 Å². The monoisotopic (exact) mass is 487 g/mol. The van der Waals surface area contributed by atoms with Crippen molar-refractivity contribution in [2.45, 2.75) is 0 Å². The van der Waals surface area contributed by atoms with Crippen LogP contribution < -0.4 is 10.2 Å². The van der Waals surface area contributed by atoms with E-state index in [4.69, 9.17) is 39.8 Å². The summed E-state index contributed by atoms with van der Waals surface area (Å²) in [5.41, 5.74) is 0.633. The Morgan fingerprint density at radius 2 is 1.69 bits per heavy atom. The molecule has 2 aromatic carbocycles. The van der Waals surface area contributed by atoms with E-state index in [1.807, 2.05) is 0 Å². The fourth-order valence-electron chi connectivity index (χ4n) is 3.04. The van der Waals surface area contributed by atoms with E-state index in [1.54, 1.807) is 12.1 Å². The molecule has 160 valence electrons. The van der Waals surface area contributed by atoms with Gasteiger partial charge < -0.3 is 4.42 Å². The lowest BCUT2D eigenvalue weighted by Crippen LogP contribution is -2.54. The molecule has 0 aliphatic carbocycles. The molecule has 0 bridgehead atoms. The number of benzene rings is 2. The molecule has 1 aliphatic rings. The Morgan fingerprint density at radius 1 is 1.03 bits per heavy atom. The molecule has 1 N–H and O–H groups in total. The second kappa shape index (κ2) is 8.54.